The van der Waals surface area contributed by atoms with E-state index in [9.17, 15) is 9.59 Å². The van der Waals surface area contributed by atoms with E-state index in [1.165, 1.54) is 5.56 Å². The van der Waals surface area contributed by atoms with Crippen molar-refractivity contribution in [2.75, 3.05) is 19.6 Å². The standard InChI is InChI=1S/C19H31N3O2.ClH/c1-14(2)13-22(11-10-16-8-6-5-7-9-16)17(23)12-21-19(24)18(20)15(3)4;/h5-9,14-15,18H,10-13,20H2,1-4H3,(H,21,24);1H/t18-;/m0./s1. The summed E-state index contributed by atoms with van der Waals surface area (Å²) in [6.07, 6.45) is 0.804. The zero-order valence-electron chi connectivity index (χ0n) is 15.7. The summed E-state index contributed by atoms with van der Waals surface area (Å²) in [4.78, 5) is 26.2. The van der Waals surface area contributed by atoms with Crippen molar-refractivity contribution >= 4 is 24.2 Å². The van der Waals surface area contributed by atoms with Crippen molar-refractivity contribution in [3.63, 3.8) is 0 Å². The number of carbonyl (C=O) groups is 2. The maximum Gasteiger partial charge on any atom is 0.241 e. The van der Waals surface area contributed by atoms with Gasteiger partial charge in [-0.05, 0) is 23.8 Å². The highest BCUT2D eigenvalue weighted by Gasteiger charge is 2.20. The lowest BCUT2D eigenvalue weighted by Crippen LogP contribution is -2.48. The molecule has 142 valence electrons. The number of hydrogen-bond acceptors (Lipinski definition) is 3. The number of benzene rings is 1. The van der Waals surface area contributed by atoms with Crippen LogP contribution < -0.4 is 11.1 Å². The second-order valence-corrected chi connectivity index (χ2v) is 6.96. The average Bonchev–Trinajstić information content (AvgIpc) is 2.55. The SMILES string of the molecule is CC(C)CN(CCc1ccccc1)C(=O)CNC(=O)[C@@H](N)C(C)C.Cl. The molecule has 25 heavy (non-hydrogen) atoms. The number of amides is 2. The van der Waals surface area contributed by atoms with Gasteiger partial charge in [0.15, 0.2) is 0 Å². The molecule has 1 aromatic carbocycles. The van der Waals surface area contributed by atoms with Gasteiger partial charge in [-0.2, -0.15) is 0 Å². The molecule has 0 aliphatic rings. The van der Waals surface area contributed by atoms with Crippen LogP contribution >= 0.6 is 12.4 Å². The summed E-state index contributed by atoms with van der Waals surface area (Å²) in [6.45, 7) is 9.26. The highest BCUT2D eigenvalue weighted by Crippen LogP contribution is 2.05. The van der Waals surface area contributed by atoms with Gasteiger partial charge in [0.1, 0.15) is 0 Å². The first kappa shape index (κ1) is 23.4. The Morgan fingerprint density at radius 3 is 2.24 bits per heavy atom. The van der Waals surface area contributed by atoms with Gasteiger partial charge in [0, 0.05) is 13.1 Å². The molecule has 2 amide bonds. The lowest BCUT2D eigenvalue weighted by atomic mass is 10.1. The molecular formula is C19H32ClN3O2. The summed E-state index contributed by atoms with van der Waals surface area (Å²) < 4.78 is 0. The normalized spacial score (nSPS) is 11.8. The number of hydrogen-bond donors (Lipinski definition) is 2. The van der Waals surface area contributed by atoms with Gasteiger partial charge in [0.05, 0.1) is 12.6 Å². The largest absolute Gasteiger partial charge is 0.346 e. The van der Waals surface area contributed by atoms with Crippen LogP contribution in [-0.2, 0) is 16.0 Å². The summed E-state index contributed by atoms with van der Waals surface area (Å²) in [5.74, 6) is 0.0816. The molecule has 1 aromatic rings. The van der Waals surface area contributed by atoms with Crippen LogP contribution in [0.1, 0.15) is 33.3 Å². The molecule has 0 heterocycles. The van der Waals surface area contributed by atoms with E-state index in [1.54, 1.807) is 0 Å². The summed E-state index contributed by atoms with van der Waals surface area (Å²) in [7, 11) is 0. The Balaban J connectivity index is 0.00000576. The predicted molar refractivity (Wildman–Crippen MR) is 105 cm³/mol. The van der Waals surface area contributed by atoms with Crippen LogP contribution in [0.3, 0.4) is 0 Å². The summed E-state index contributed by atoms with van der Waals surface area (Å²) in [5.41, 5.74) is 7.00. The van der Waals surface area contributed by atoms with E-state index in [-0.39, 0.29) is 36.7 Å². The van der Waals surface area contributed by atoms with Gasteiger partial charge >= 0.3 is 0 Å². The molecule has 0 saturated heterocycles. The maximum atomic E-state index is 12.5. The van der Waals surface area contributed by atoms with Crippen LogP contribution in [0.5, 0.6) is 0 Å². The number of carbonyl (C=O) groups excluding carboxylic acids is 2. The van der Waals surface area contributed by atoms with Crippen molar-refractivity contribution in [3.8, 4) is 0 Å². The number of nitrogens with zero attached hydrogens (tertiary/aromatic N) is 1. The quantitative estimate of drug-likeness (QED) is 0.700. The average molecular weight is 370 g/mol. The molecule has 0 unspecified atom stereocenters. The van der Waals surface area contributed by atoms with Gasteiger partial charge in [0.2, 0.25) is 11.8 Å². The van der Waals surface area contributed by atoms with Crippen LogP contribution in [0.15, 0.2) is 30.3 Å². The first-order valence-electron chi connectivity index (χ1n) is 8.66. The Hall–Kier alpha value is -1.59. The highest BCUT2D eigenvalue weighted by atomic mass is 35.5. The number of nitrogens with two attached hydrogens (primary N) is 1. The minimum atomic E-state index is -0.583. The molecule has 0 radical (unpaired) electrons. The number of rotatable bonds is 9. The fraction of sp³-hybridized carbons (Fsp3) is 0.579. The Kier molecular flexibility index (Phi) is 11.1. The smallest absolute Gasteiger partial charge is 0.241 e. The molecule has 0 saturated carbocycles. The second kappa shape index (κ2) is 11.9. The van der Waals surface area contributed by atoms with E-state index in [1.807, 2.05) is 36.9 Å². The van der Waals surface area contributed by atoms with E-state index in [2.05, 4.69) is 31.3 Å². The third kappa shape index (κ3) is 8.89. The van der Waals surface area contributed by atoms with Gasteiger partial charge in [-0.15, -0.1) is 12.4 Å². The third-order valence-electron chi connectivity index (χ3n) is 3.89. The van der Waals surface area contributed by atoms with E-state index >= 15 is 0 Å². The molecule has 1 atom stereocenters. The van der Waals surface area contributed by atoms with Gasteiger partial charge in [-0.3, -0.25) is 9.59 Å². The van der Waals surface area contributed by atoms with Crippen LogP contribution in [0.4, 0.5) is 0 Å². The summed E-state index contributed by atoms with van der Waals surface area (Å²) in [6, 6.07) is 9.51. The van der Waals surface area contributed by atoms with Crippen LogP contribution in [0.25, 0.3) is 0 Å². The van der Waals surface area contributed by atoms with Crippen molar-refractivity contribution < 1.29 is 9.59 Å². The molecule has 0 bridgehead atoms. The van der Waals surface area contributed by atoms with Crippen LogP contribution in [0.2, 0.25) is 0 Å². The van der Waals surface area contributed by atoms with Crippen LogP contribution in [0, 0.1) is 11.8 Å². The zero-order chi connectivity index (χ0) is 18.1. The van der Waals surface area contributed by atoms with Crippen molar-refractivity contribution in [3.05, 3.63) is 35.9 Å². The Bertz CT molecular complexity index is 521. The topological polar surface area (TPSA) is 75.4 Å². The minimum Gasteiger partial charge on any atom is -0.346 e. The molecule has 3 N–H and O–H groups in total. The van der Waals surface area contributed by atoms with E-state index in [0.29, 0.717) is 19.0 Å². The monoisotopic (exact) mass is 369 g/mol. The van der Waals surface area contributed by atoms with E-state index in [4.69, 9.17) is 5.73 Å². The highest BCUT2D eigenvalue weighted by molar-refractivity contribution is 5.87. The number of nitrogens with one attached hydrogen (secondary N) is 1. The molecular weight excluding hydrogens is 338 g/mol. The predicted octanol–water partition coefficient (Wildman–Crippen LogP) is 2.24. The second-order valence-electron chi connectivity index (χ2n) is 6.96. The van der Waals surface area contributed by atoms with Crippen molar-refractivity contribution in [1.29, 1.82) is 0 Å². The van der Waals surface area contributed by atoms with Crippen molar-refractivity contribution in [2.24, 2.45) is 17.6 Å². The zero-order valence-corrected chi connectivity index (χ0v) is 16.5. The van der Waals surface area contributed by atoms with Crippen LogP contribution in [-0.4, -0.2) is 42.4 Å². The fourth-order valence-electron chi connectivity index (χ4n) is 2.36. The third-order valence-corrected chi connectivity index (χ3v) is 3.89. The first-order valence-corrected chi connectivity index (χ1v) is 8.66. The van der Waals surface area contributed by atoms with Crippen molar-refractivity contribution in [1.82, 2.24) is 10.2 Å². The molecule has 0 fully saturated rings. The van der Waals surface area contributed by atoms with E-state index < -0.39 is 6.04 Å². The fourth-order valence-corrected chi connectivity index (χ4v) is 2.36. The Morgan fingerprint density at radius 2 is 1.72 bits per heavy atom. The molecule has 6 heteroatoms. The molecule has 0 aliphatic carbocycles. The summed E-state index contributed by atoms with van der Waals surface area (Å²) in [5, 5.41) is 2.66. The summed E-state index contributed by atoms with van der Waals surface area (Å²) >= 11 is 0. The van der Waals surface area contributed by atoms with Gasteiger partial charge in [-0.25, -0.2) is 0 Å². The molecule has 0 aromatic heterocycles. The van der Waals surface area contributed by atoms with Gasteiger partial charge < -0.3 is 16.0 Å². The molecule has 5 nitrogen and oxygen atoms in total. The lowest BCUT2D eigenvalue weighted by molar-refractivity contribution is -0.133. The maximum absolute atomic E-state index is 12.5. The molecule has 1 rings (SSSR count). The number of halogens is 1. The van der Waals surface area contributed by atoms with Crippen molar-refractivity contribution in [2.45, 2.75) is 40.2 Å². The van der Waals surface area contributed by atoms with Gasteiger partial charge in [-0.1, -0.05) is 58.0 Å². The Morgan fingerprint density at radius 1 is 1.12 bits per heavy atom. The van der Waals surface area contributed by atoms with E-state index in [0.717, 1.165) is 6.42 Å². The minimum absolute atomic E-state index is 0. The van der Waals surface area contributed by atoms with Gasteiger partial charge in [0.25, 0.3) is 0 Å². The Labute approximate surface area is 157 Å². The first-order chi connectivity index (χ1) is 11.3. The molecule has 0 spiro atoms. The molecule has 0 aliphatic heterocycles. The lowest BCUT2D eigenvalue weighted by Gasteiger charge is -2.25.